The molecule has 3 rings (SSSR count). The van der Waals surface area contributed by atoms with Gasteiger partial charge in [0, 0.05) is 50.9 Å². The third kappa shape index (κ3) is 5.23. The van der Waals surface area contributed by atoms with Crippen LogP contribution >= 0.6 is 0 Å². The van der Waals surface area contributed by atoms with Crippen LogP contribution in [0, 0.1) is 11.7 Å². The first-order valence-electron chi connectivity index (χ1n) is 9.27. The van der Waals surface area contributed by atoms with E-state index in [4.69, 9.17) is 4.74 Å². The van der Waals surface area contributed by atoms with Crippen molar-refractivity contribution in [2.75, 3.05) is 38.3 Å². The summed E-state index contributed by atoms with van der Waals surface area (Å²) < 4.78 is 18.1. The van der Waals surface area contributed by atoms with Gasteiger partial charge in [-0.15, -0.1) is 0 Å². The topological polar surface area (TPSA) is 67.3 Å². The lowest BCUT2D eigenvalue weighted by Gasteiger charge is -2.32. The first kappa shape index (κ1) is 19.2. The molecule has 6 nitrogen and oxygen atoms in total. The summed E-state index contributed by atoms with van der Waals surface area (Å²) in [4.78, 5) is 23.1. The van der Waals surface area contributed by atoms with Crippen molar-refractivity contribution in [3.63, 3.8) is 0 Å². The van der Waals surface area contributed by atoms with Crippen molar-refractivity contribution in [1.29, 1.82) is 0 Å². The molecule has 1 amide bonds. The van der Waals surface area contributed by atoms with E-state index in [1.165, 1.54) is 18.5 Å². The van der Waals surface area contributed by atoms with Crippen LogP contribution in [-0.4, -0.2) is 49.2 Å². The number of nitrogens with zero attached hydrogens (tertiary/aromatic N) is 3. The number of rotatable bonds is 7. The molecule has 0 aliphatic carbocycles. The smallest absolute Gasteiger partial charge is 0.223 e. The highest BCUT2D eigenvalue weighted by Crippen LogP contribution is 2.25. The quantitative estimate of drug-likeness (QED) is 0.757. The van der Waals surface area contributed by atoms with Crippen molar-refractivity contribution in [3.05, 3.63) is 42.5 Å². The third-order valence-electron chi connectivity index (χ3n) is 4.81. The van der Waals surface area contributed by atoms with Gasteiger partial charge in [-0.3, -0.25) is 4.79 Å². The Hall–Kier alpha value is -2.54. The molecule has 2 heterocycles. The van der Waals surface area contributed by atoms with Crippen molar-refractivity contribution in [1.82, 2.24) is 15.3 Å². The van der Waals surface area contributed by atoms with Crippen LogP contribution in [0.25, 0.3) is 11.3 Å². The van der Waals surface area contributed by atoms with E-state index in [9.17, 15) is 9.18 Å². The Labute approximate surface area is 158 Å². The SMILES string of the molecule is COCCCNC(=O)C1CCN(c2cc(-c3ccc(F)cc3)ncn2)CC1. The number of benzene rings is 1. The first-order valence-corrected chi connectivity index (χ1v) is 9.27. The van der Waals surface area contributed by atoms with Gasteiger partial charge in [-0.05, 0) is 43.5 Å². The number of hydrogen-bond donors (Lipinski definition) is 1. The molecule has 1 aromatic heterocycles. The number of methoxy groups -OCH3 is 1. The van der Waals surface area contributed by atoms with Crippen LogP contribution in [0.2, 0.25) is 0 Å². The minimum atomic E-state index is -0.268. The normalized spacial score (nSPS) is 15.0. The molecule has 1 aromatic carbocycles. The number of nitrogens with one attached hydrogen (secondary N) is 1. The Morgan fingerprint density at radius 3 is 2.70 bits per heavy atom. The zero-order valence-electron chi connectivity index (χ0n) is 15.5. The predicted molar refractivity (Wildman–Crippen MR) is 102 cm³/mol. The summed E-state index contributed by atoms with van der Waals surface area (Å²) in [5.74, 6) is 0.738. The summed E-state index contributed by atoms with van der Waals surface area (Å²) >= 11 is 0. The van der Waals surface area contributed by atoms with E-state index >= 15 is 0 Å². The Morgan fingerprint density at radius 1 is 1.26 bits per heavy atom. The van der Waals surface area contributed by atoms with Crippen LogP contribution in [0.4, 0.5) is 10.2 Å². The van der Waals surface area contributed by atoms with E-state index in [-0.39, 0.29) is 17.6 Å². The fourth-order valence-corrected chi connectivity index (χ4v) is 3.24. The summed E-state index contributed by atoms with van der Waals surface area (Å²) in [5.41, 5.74) is 1.61. The molecule has 0 spiro atoms. The van der Waals surface area contributed by atoms with Crippen molar-refractivity contribution in [3.8, 4) is 11.3 Å². The number of amides is 1. The maximum Gasteiger partial charge on any atom is 0.223 e. The number of halogens is 1. The highest BCUT2D eigenvalue weighted by atomic mass is 19.1. The van der Waals surface area contributed by atoms with Crippen LogP contribution in [-0.2, 0) is 9.53 Å². The molecule has 0 radical (unpaired) electrons. The summed E-state index contributed by atoms with van der Waals surface area (Å²) in [5, 5.41) is 2.98. The molecule has 0 saturated carbocycles. The van der Waals surface area contributed by atoms with Gasteiger partial charge < -0.3 is 15.0 Å². The van der Waals surface area contributed by atoms with Gasteiger partial charge in [0.1, 0.15) is 18.0 Å². The van der Waals surface area contributed by atoms with Crippen molar-refractivity contribution >= 4 is 11.7 Å². The molecule has 1 fully saturated rings. The maximum absolute atomic E-state index is 13.1. The van der Waals surface area contributed by atoms with Gasteiger partial charge in [0.2, 0.25) is 5.91 Å². The lowest BCUT2D eigenvalue weighted by atomic mass is 9.96. The molecule has 7 heteroatoms. The van der Waals surface area contributed by atoms with E-state index in [1.807, 2.05) is 6.07 Å². The summed E-state index contributed by atoms with van der Waals surface area (Å²) in [7, 11) is 1.66. The second kappa shape index (κ2) is 9.41. The molecule has 0 atom stereocenters. The predicted octanol–water partition coefficient (Wildman–Crippen LogP) is 2.65. The van der Waals surface area contributed by atoms with Crippen LogP contribution in [0.1, 0.15) is 19.3 Å². The van der Waals surface area contributed by atoms with Gasteiger partial charge in [-0.1, -0.05) is 0 Å². The minimum absolute atomic E-state index is 0.0437. The fourth-order valence-electron chi connectivity index (χ4n) is 3.24. The third-order valence-corrected chi connectivity index (χ3v) is 4.81. The van der Waals surface area contributed by atoms with Gasteiger partial charge in [-0.2, -0.15) is 0 Å². The molecular weight excluding hydrogens is 347 g/mol. The average molecular weight is 372 g/mol. The highest BCUT2D eigenvalue weighted by molar-refractivity contribution is 5.79. The molecule has 1 N–H and O–H groups in total. The second-order valence-electron chi connectivity index (χ2n) is 6.67. The molecule has 1 saturated heterocycles. The fraction of sp³-hybridized carbons (Fsp3) is 0.450. The largest absolute Gasteiger partial charge is 0.385 e. The van der Waals surface area contributed by atoms with Gasteiger partial charge in [0.05, 0.1) is 5.69 Å². The standard InChI is InChI=1S/C20H25FN4O2/c1-27-12-2-9-22-20(26)16-7-10-25(11-8-16)19-13-18(23-14-24-19)15-3-5-17(21)6-4-15/h3-6,13-14,16H,2,7-12H2,1H3,(H,22,26). The van der Waals surface area contributed by atoms with E-state index in [0.29, 0.717) is 13.2 Å². The van der Waals surface area contributed by atoms with Crippen LogP contribution in [0.5, 0.6) is 0 Å². The summed E-state index contributed by atoms with van der Waals surface area (Å²) in [6, 6.07) is 8.18. The van der Waals surface area contributed by atoms with Crippen LogP contribution in [0.3, 0.4) is 0 Å². The second-order valence-corrected chi connectivity index (χ2v) is 6.67. The Morgan fingerprint density at radius 2 is 2.00 bits per heavy atom. The monoisotopic (exact) mass is 372 g/mol. The molecule has 144 valence electrons. The van der Waals surface area contributed by atoms with Crippen molar-refractivity contribution < 1.29 is 13.9 Å². The Balaban J connectivity index is 1.56. The molecule has 0 unspecified atom stereocenters. The number of carbonyl (C=O) groups is 1. The van der Waals surface area contributed by atoms with Gasteiger partial charge in [0.15, 0.2) is 0 Å². The lowest BCUT2D eigenvalue weighted by Crippen LogP contribution is -2.41. The number of aromatic nitrogens is 2. The summed E-state index contributed by atoms with van der Waals surface area (Å²) in [6.07, 6.45) is 3.95. The van der Waals surface area contributed by atoms with Crippen molar-refractivity contribution in [2.24, 2.45) is 5.92 Å². The van der Waals surface area contributed by atoms with E-state index < -0.39 is 0 Å². The zero-order valence-corrected chi connectivity index (χ0v) is 15.5. The number of piperidine rings is 1. The summed E-state index contributed by atoms with van der Waals surface area (Å²) in [6.45, 7) is 2.86. The maximum atomic E-state index is 13.1. The van der Waals surface area contributed by atoms with Crippen molar-refractivity contribution in [2.45, 2.75) is 19.3 Å². The zero-order chi connectivity index (χ0) is 19.1. The molecule has 1 aliphatic heterocycles. The van der Waals surface area contributed by atoms with Crippen LogP contribution in [0.15, 0.2) is 36.7 Å². The number of ether oxygens (including phenoxy) is 1. The number of carbonyl (C=O) groups excluding carboxylic acids is 1. The Kier molecular flexibility index (Phi) is 6.70. The first-order chi connectivity index (χ1) is 13.2. The average Bonchev–Trinajstić information content (AvgIpc) is 2.72. The highest BCUT2D eigenvalue weighted by Gasteiger charge is 2.25. The minimum Gasteiger partial charge on any atom is -0.385 e. The molecular formula is C20H25FN4O2. The molecule has 2 aromatic rings. The van der Waals surface area contributed by atoms with Gasteiger partial charge in [0.25, 0.3) is 0 Å². The molecule has 27 heavy (non-hydrogen) atoms. The van der Waals surface area contributed by atoms with Crippen LogP contribution < -0.4 is 10.2 Å². The van der Waals surface area contributed by atoms with E-state index in [2.05, 4.69) is 20.2 Å². The molecule has 0 bridgehead atoms. The number of hydrogen-bond acceptors (Lipinski definition) is 5. The lowest BCUT2D eigenvalue weighted by molar-refractivity contribution is -0.125. The van der Waals surface area contributed by atoms with Gasteiger partial charge in [-0.25, -0.2) is 14.4 Å². The van der Waals surface area contributed by atoms with E-state index in [1.54, 1.807) is 19.2 Å². The van der Waals surface area contributed by atoms with E-state index in [0.717, 1.165) is 49.4 Å². The van der Waals surface area contributed by atoms with Gasteiger partial charge >= 0.3 is 0 Å². The Bertz CT molecular complexity index is 746. The number of anilines is 1. The molecule has 1 aliphatic rings.